The third-order valence-electron chi connectivity index (χ3n) is 4.07. The van der Waals surface area contributed by atoms with Gasteiger partial charge in [-0.25, -0.2) is 13.1 Å². The molecule has 0 saturated heterocycles. The van der Waals surface area contributed by atoms with Gasteiger partial charge in [0.1, 0.15) is 6.07 Å². The van der Waals surface area contributed by atoms with Crippen LogP contribution in [0.15, 0.2) is 23.1 Å². The average Bonchev–Trinajstić information content (AvgIpc) is 2.47. The van der Waals surface area contributed by atoms with Crippen LogP contribution in [0.5, 0.6) is 0 Å². The molecule has 0 aliphatic heterocycles. The third-order valence-corrected chi connectivity index (χ3v) is 5.94. The zero-order chi connectivity index (χ0) is 15.5. The van der Waals surface area contributed by atoms with Crippen LogP contribution in [0.3, 0.4) is 0 Å². The SMILES string of the molecule is CC(NS(=O)(=O)c1ccc(C#N)c(Cl)c1)C1CCCCC1. The summed E-state index contributed by atoms with van der Waals surface area (Å²) in [4.78, 5) is 0.106. The van der Waals surface area contributed by atoms with Crippen molar-refractivity contribution in [1.82, 2.24) is 4.72 Å². The van der Waals surface area contributed by atoms with E-state index >= 15 is 0 Å². The number of rotatable bonds is 4. The summed E-state index contributed by atoms with van der Waals surface area (Å²) < 4.78 is 27.5. The zero-order valence-electron chi connectivity index (χ0n) is 12.0. The molecular weight excluding hydrogens is 308 g/mol. The molecule has 0 amide bonds. The van der Waals surface area contributed by atoms with Crippen molar-refractivity contribution in [2.24, 2.45) is 5.92 Å². The Kier molecular flexibility index (Phi) is 5.26. The van der Waals surface area contributed by atoms with Crippen molar-refractivity contribution in [2.75, 3.05) is 0 Å². The van der Waals surface area contributed by atoms with Crippen LogP contribution in [0.1, 0.15) is 44.6 Å². The summed E-state index contributed by atoms with van der Waals surface area (Å²) in [5.74, 6) is 0.391. The van der Waals surface area contributed by atoms with Crippen LogP contribution in [0.25, 0.3) is 0 Å². The molecular formula is C15H19ClN2O2S. The van der Waals surface area contributed by atoms with Crippen LogP contribution < -0.4 is 4.72 Å². The van der Waals surface area contributed by atoms with Gasteiger partial charge in [-0.05, 0) is 43.9 Å². The summed E-state index contributed by atoms with van der Waals surface area (Å²) in [6.45, 7) is 1.92. The topological polar surface area (TPSA) is 70.0 Å². The fourth-order valence-corrected chi connectivity index (χ4v) is 4.42. The molecule has 1 aromatic carbocycles. The molecule has 1 aliphatic carbocycles. The number of nitrogens with one attached hydrogen (secondary N) is 1. The maximum Gasteiger partial charge on any atom is 0.240 e. The second-order valence-electron chi connectivity index (χ2n) is 5.56. The fraction of sp³-hybridized carbons (Fsp3) is 0.533. The number of halogens is 1. The predicted molar refractivity (Wildman–Crippen MR) is 82.5 cm³/mol. The van der Waals surface area contributed by atoms with Gasteiger partial charge in [0.2, 0.25) is 10.0 Å². The Morgan fingerprint density at radius 1 is 1.33 bits per heavy atom. The van der Waals surface area contributed by atoms with Crippen molar-refractivity contribution in [2.45, 2.75) is 50.0 Å². The first-order valence-corrected chi connectivity index (χ1v) is 9.02. The molecule has 0 bridgehead atoms. The second kappa shape index (κ2) is 6.78. The van der Waals surface area contributed by atoms with Crippen LogP contribution in [0, 0.1) is 17.2 Å². The second-order valence-corrected chi connectivity index (χ2v) is 7.68. The van der Waals surface area contributed by atoms with E-state index in [-0.39, 0.29) is 21.5 Å². The molecule has 6 heteroatoms. The van der Waals surface area contributed by atoms with Crippen molar-refractivity contribution in [3.63, 3.8) is 0 Å². The van der Waals surface area contributed by atoms with E-state index in [1.807, 2.05) is 13.0 Å². The van der Waals surface area contributed by atoms with Gasteiger partial charge in [-0.1, -0.05) is 30.9 Å². The summed E-state index contributed by atoms with van der Waals surface area (Å²) in [5, 5.41) is 8.99. The number of nitriles is 1. The Bertz CT molecular complexity index is 646. The number of sulfonamides is 1. The van der Waals surface area contributed by atoms with Crippen LogP contribution >= 0.6 is 11.6 Å². The summed E-state index contributed by atoms with van der Waals surface area (Å²) in [6.07, 6.45) is 5.70. The summed E-state index contributed by atoms with van der Waals surface area (Å²) in [5.41, 5.74) is 0.274. The van der Waals surface area contributed by atoms with Gasteiger partial charge in [0.15, 0.2) is 0 Å². The predicted octanol–water partition coefficient (Wildman–Crippen LogP) is 3.46. The molecule has 1 saturated carbocycles. The Labute approximate surface area is 131 Å². The van der Waals surface area contributed by atoms with Gasteiger partial charge in [-0.15, -0.1) is 0 Å². The van der Waals surface area contributed by atoms with E-state index in [0.717, 1.165) is 12.8 Å². The lowest BCUT2D eigenvalue weighted by Crippen LogP contribution is -2.38. The molecule has 21 heavy (non-hydrogen) atoms. The number of nitrogens with zero attached hydrogens (tertiary/aromatic N) is 1. The molecule has 0 spiro atoms. The van der Waals surface area contributed by atoms with E-state index in [0.29, 0.717) is 5.92 Å². The van der Waals surface area contributed by atoms with Crippen molar-refractivity contribution in [1.29, 1.82) is 5.26 Å². The molecule has 1 aliphatic rings. The maximum absolute atomic E-state index is 12.4. The zero-order valence-corrected chi connectivity index (χ0v) is 13.5. The highest BCUT2D eigenvalue weighted by Gasteiger charge is 2.25. The van der Waals surface area contributed by atoms with E-state index in [1.54, 1.807) is 0 Å². The first-order chi connectivity index (χ1) is 9.94. The van der Waals surface area contributed by atoms with Gasteiger partial charge in [-0.3, -0.25) is 0 Å². The Hall–Kier alpha value is -1.09. The lowest BCUT2D eigenvalue weighted by Gasteiger charge is -2.28. The molecule has 4 nitrogen and oxygen atoms in total. The molecule has 1 aromatic rings. The molecule has 1 atom stereocenters. The number of benzene rings is 1. The van der Waals surface area contributed by atoms with E-state index < -0.39 is 10.0 Å². The lowest BCUT2D eigenvalue weighted by molar-refractivity contribution is 0.303. The van der Waals surface area contributed by atoms with Crippen LogP contribution in [-0.2, 0) is 10.0 Å². The highest BCUT2D eigenvalue weighted by Crippen LogP contribution is 2.27. The van der Waals surface area contributed by atoms with Gasteiger partial charge in [0.25, 0.3) is 0 Å². The van der Waals surface area contributed by atoms with Crippen LogP contribution in [-0.4, -0.2) is 14.5 Å². The molecule has 0 radical (unpaired) electrons. The maximum atomic E-state index is 12.4. The van der Waals surface area contributed by atoms with Crippen LogP contribution in [0.2, 0.25) is 5.02 Å². The summed E-state index contributed by atoms with van der Waals surface area (Å²) in [7, 11) is -3.60. The molecule has 1 unspecified atom stereocenters. The molecule has 1 fully saturated rings. The fourth-order valence-electron chi connectivity index (χ4n) is 2.80. The molecule has 0 heterocycles. The van der Waals surface area contributed by atoms with Crippen molar-refractivity contribution in [3.05, 3.63) is 28.8 Å². The first-order valence-electron chi connectivity index (χ1n) is 7.16. The minimum atomic E-state index is -3.60. The van der Waals surface area contributed by atoms with E-state index in [4.69, 9.17) is 16.9 Å². The minimum absolute atomic E-state index is 0.0929. The minimum Gasteiger partial charge on any atom is -0.208 e. The first kappa shape index (κ1) is 16.3. The monoisotopic (exact) mass is 326 g/mol. The molecule has 1 N–H and O–H groups in total. The van der Waals surface area contributed by atoms with Crippen molar-refractivity contribution < 1.29 is 8.42 Å². The summed E-state index contributed by atoms with van der Waals surface area (Å²) in [6, 6.07) is 6.01. The van der Waals surface area contributed by atoms with E-state index in [9.17, 15) is 8.42 Å². The van der Waals surface area contributed by atoms with Gasteiger partial charge in [-0.2, -0.15) is 5.26 Å². The van der Waals surface area contributed by atoms with Gasteiger partial charge < -0.3 is 0 Å². The summed E-state index contributed by atoms with van der Waals surface area (Å²) >= 11 is 5.91. The Balaban J connectivity index is 2.14. The largest absolute Gasteiger partial charge is 0.240 e. The Morgan fingerprint density at radius 3 is 2.57 bits per heavy atom. The third kappa shape index (κ3) is 3.97. The normalized spacial score (nSPS) is 18.1. The van der Waals surface area contributed by atoms with Crippen LogP contribution in [0.4, 0.5) is 0 Å². The number of hydrogen-bond donors (Lipinski definition) is 1. The molecule has 2 rings (SSSR count). The number of hydrogen-bond acceptors (Lipinski definition) is 3. The van der Waals surface area contributed by atoms with Gasteiger partial charge >= 0.3 is 0 Å². The highest BCUT2D eigenvalue weighted by atomic mass is 35.5. The van der Waals surface area contributed by atoms with E-state index in [2.05, 4.69) is 4.72 Å². The Morgan fingerprint density at radius 2 is 2.00 bits per heavy atom. The standard InChI is InChI=1S/C15H19ClN2O2S/c1-11(12-5-3-2-4-6-12)18-21(19,20)14-8-7-13(10-17)15(16)9-14/h7-9,11-12,18H,2-6H2,1H3. The molecule has 0 aromatic heterocycles. The smallest absolute Gasteiger partial charge is 0.208 e. The van der Waals surface area contributed by atoms with Crippen molar-refractivity contribution >= 4 is 21.6 Å². The van der Waals surface area contributed by atoms with Gasteiger partial charge in [0.05, 0.1) is 15.5 Å². The van der Waals surface area contributed by atoms with E-state index in [1.165, 1.54) is 37.5 Å². The van der Waals surface area contributed by atoms with Crippen molar-refractivity contribution in [3.8, 4) is 6.07 Å². The molecule has 114 valence electrons. The quantitative estimate of drug-likeness (QED) is 0.921. The highest BCUT2D eigenvalue weighted by molar-refractivity contribution is 7.89. The lowest BCUT2D eigenvalue weighted by atomic mass is 9.85. The average molecular weight is 327 g/mol. The van der Waals surface area contributed by atoms with Gasteiger partial charge in [0, 0.05) is 6.04 Å².